The van der Waals surface area contributed by atoms with Crippen LogP contribution < -0.4 is 5.32 Å². The van der Waals surface area contributed by atoms with Crippen LogP contribution in [0.5, 0.6) is 0 Å². The predicted octanol–water partition coefficient (Wildman–Crippen LogP) is 0.0463. The zero-order chi connectivity index (χ0) is 6.74. The van der Waals surface area contributed by atoms with Crippen molar-refractivity contribution < 1.29 is 5.11 Å². The van der Waals surface area contributed by atoms with E-state index in [1.165, 1.54) is 0 Å². The van der Waals surface area contributed by atoms with Gasteiger partial charge in [0, 0.05) is 6.54 Å². The lowest BCUT2D eigenvalue weighted by molar-refractivity contribution is 0.0665. The maximum Gasteiger partial charge on any atom is 0.0912 e. The van der Waals surface area contributed by atoms with Gasteiger partial charge in [-0.05, 0) is 13.0 Å². The molecular weight excluding hydrogens is 152 g/mol. The van der Waals surface area contributed by atoms with Crippen molar-refractivity contribution in [2.75, 3.05) is 13.1 Å². The fourth-order valence-electron chi connectivity index (χ4n) is 1.03. The van der Waals surface area contributed by atoms with Crippen molar-refractivity contribution in [2.45, 2.75) is 18.4 Å². The number of β-amino-alcohol motifs (C(OH)–C–C–N with tert-alkyl or cyclic N) is 1. The van der Waals surface area contributed by atoms with Crippen LogP contribution in [0.25, 0.3) is 0 Å². The standard InChI is InChI=1S/C6H10N2O.ClH/c7-3-1-6(9)2-4-8-5-6;/h8-9H,1-2,4-5H2;1H. The van der Waals surface area contributed by atoms with E-state index in [4.69, 9.17) is 5.26 Å². The first-order chi connectivity index (χ1) is 4.27. The zero-order valence-electron chi connectivity index (χ0n) is 5.63. The summed E-state index contributed by atoms with van der Waals surface area (Å²) in [6.45, 7) is 1.40. The van der Waals surface area contributed by atoms with E-state index in [1.807, 2.05) is 6.07 Å². The summed E-state index contributed by atoms with van der Waals surface area (Å²) < 4.78 is 0. The van der Waals surface area contributed by atoms with E-state index in [9.17, 15) is 5.11 Å². The van der Waals surface area contributed by atoms with Crippen molar-refractivity contribution in [1.29, 1.82) is 5.26 Å². The van der Waals surface area contributed by atoms with Gasteiger partial charge in [0.05, 0.1) is 18.1 Å². The lowest BCUT2D eigenvalue weighted by atomic mass is 10.0. The molecule has 3 nitrogen and oxygen atoms in total. The Labute approximate surface area is 66.4 Å². The van der Waals surface area contributed by atoms with E-state index in [-0.39, 0.29) is 18.8 Å². The maximum atomic E-state index is 9.41. The fourth-order valence-corrected chi connectivity index (χ4v) is 1.03. The van der Waals surface area contributed by atoms with E-state index in [1.54, 1.807) is 0 Å². The highest BCUT2D eigenvalue weighted by Crippen LogP contribution is 2.16. The van der Waals surface area contributed by atoms with E-state index < -0.39 is 5.60 Å². The highest BCUT2D eigenvalue weighted by atomic mass is 35.5. The Hall–Kier alpha value is -0.300. The summed E-state index contributed by atoms with van der Waals surface area (Å²) in [7, 11) is 0. The predicted molar refractivity (Wildman–Crippen MR) is 39.9 cm³/mol. The minimum atomic E-state index is -0.727. The molecule has 1 unspecified atom stereocenters. The number of rotatable bonds is 1. The molecule has 1 fully saturated rings. The van der Waals surface area contributed by atoms with Gasteiger partial charge in [-0.25, -0.2) is 0 Å². The summed E-state index contributed by atoms with van der Waals surface area (Å²) in [6.07, 6.45) is 0.959. The molecule has 1 rings (SSSR count). The summed E-state index contributed by atoms with van der Waals surface area (Å²) in [5.74, 6) is 0. The third kappa shape index (κ3) is 2.14. The Kier molecular flexibility index (Phi) is 3.66. The van der Waals surface area contributed by atoms with E-state index >= 15 is 0 Å². The third-order valence-electron chi connectivity index (χ3n) is 1.63. The third-order valence-corrected chi connectivity index (χ3v) is 1.63. The summed E-state index contributed by atoms with van der Waals surface area (Å²) >= 11 is 0. The highest BCUT2D eigenvalue weighted by Gasteiger charge is 2.30. The van der Waals surface area contributed by atoms with E-state index in [0.717, 1.165) is 6.54 Å². The second kappa shape index (κ2) is 3.77. The molecular formula is C6H11ClN2O. The second-order valence-electron chi connectivity index (χ2n) is 2.49. The number of nitriles is 1. The minimum Gasteiger partial charge on any atom is -0.387 e. The molecule has 0 aromatic carbocycles. The average molecular weight is 163 g/mol. The average Bonchev–Trinajstić information content (AvgIpc) is 2.16. The molecule has 4 heteroatoms. The summed E-state index contributed by atoms with van der Waals surface area (Å²) in [4.78, 5) is 0. The molecule has 0 aliphatic carbocycles. The first-order valence-corrected chi connectivity index (χ1v) is 3.07. The van der Waals surface area contributed by atoms with Gasteiger partial charge in [0.2, 0.25) is 0 Å². The van der Waals surface area contributed by atoms with Gasteiger partial charge < -0.3 is 10.4 Å². The Balaban J connectivity index is 0.000000810. The molecule has 1 aliphatic heterocycles. The molecule has 0 spiro atoms. The number of halogens is 1. The van der Waals surface area contributed by atoms with Crippen LogP contribution >= 0.6 is 12.4 Å². The molecule has 0 aromatic rings. The first kappa shape index (κ1) is 9.70. The number of nitrogens with zero attached hydrogens (tertiary/aromatic N) is 1. The molecule has 1 aliphatic rings. The molecule has 0 saturated carbocycles. The van der Waals surface area contributed by atoms with Gasteiger partial charge in [-0.3, -0.25) is 0 Å². The monoisotopic (exact) mass is 162 g/mol. The van der Waals surface area contributed by atoms with Crippen molar-refractivity contribution in [3.8, 4) is 6.07 Å². The van der Waals surface area contributed by atoms with Crippen molar-refractivity contribution in [2.24, 2.45) is 0 Å². The molecule has 2 N–H and O–H groups in total. The smallest absolute Gasteiger partial charge is 0.0912 e. The molecule has 0 bridgehead atoms. The largest absolute Gasteiger partial charge is 0.387 e. The Bertz CT molecular complexity index is 137. The molecule has 0 aromatic heterocycles. The SMILES string of the molecule is Cl.N#CCC1(O)CCNC1. The Morgan fingerprint density at radius 2 is 2.40 bits per heavy atom. The molecule has 10 heavy (non-hydrogen) atoms. The molecule has 1 atom stereocenters. The van der Waals surface area contributed by atoms with E-state index in [0.29, 0.717) is 13.0 Å². The molecule has 1 heterocycles. The number of hydrogen-bond acceptors (Lipinski definition) is 3. The molecule has 0 radical (unpaired) electrons. The van der Waals surface area contributed by atoms with Crippen molar-refractivity contribution in [1.82, 2.24) is 5.32 Å². The van der Waals surface area contributed by atoms with Crippen LogP contribution in [0.2, 0.25) is 0 Å². The maximum absolute atomic E-state index is 9.41. The molecule has 58 valence electrons. The van der Waals surface area contributed by atoms with Crippen molar-refractivity contribution in [3.05, 3.63) is 0 Å². The van der Waals surface area contributed by atoms with Gasteiger partial charge in [0.1, 0.15) is 0 Å². The highest BCUT2D eigenvalue weighted by molar-refractivity contribution is 5.85. The Morgan fingerprint density at radius 1 is 1.70 bits per heavy atom. The van der Waals surface area contributed by atoms with Gasteiger partial charge in [-0.1, -0.05) is 0 Å². The lowest BCUT2D eigenvalue weighted by Gasteiger charge is -2.15. The van der Waals surface area contributed by atoms with Crippen LogP contribution in [-0.4, -0.2) is 23.8 Å². The molecule has 0 amide bonds. The number of aliphatic hydroxyl groups is 1. The summed E-state index contributed by atoms with van der Waals surface area (Å²) in [6, 6.07) is 1.96. The minimum absolute atomic E-state index is 0. The van der Waals surface area contributed by atoms with Crippen LogP contribution in [0.1, 0.15) is 12.8 Å². The van der Waals surface area contributed by atoms with E-state index in [2.05, 4.69) is 5.32 Å². The Morgan fingerprint density at radius 3 is 2.80 bits per heavy atom. The molecule has 1 saturated heterocycles. The van der Waals surface area contributed by atoms with Gasteiger partial charge in [-0.15, -0.1) is 12.4 Å². The van der Waals surface area contributed by atoms with Gasteiger partial charge >= 0.3 is 0 Å². The fraction of sp³-hybridized carbons (Fsp3) is 0.833. The normalized spacial score (nSPS) is 30.8. The lowest BCUT2D eigenvalue weighted by Crippen LogP contribution is -2.30. The van der Waals surface area contributed by atoms with Crippen LogP contribution in [0.15, 0.2) is 0 Å². The number of nitrogens with one attached hydrogen (secondary N) is 1. The topological polar surface area (TPSA) is 56.0 Å². The van der Waals surface area contributed by atoms with Crippen LogP contribution in [0.4, 0.5) is 0 Å². The quantitative estimate of drug-likeness (QED) is 0.573. The van der Waals surface area contributed by atoms with Gasteiger partial charge in [0.15, 0.2) is 0 Å². The number of hydrogen-bond donors (Lipinski definition) is 2. The zero-order valence-corrected chi connectivity index (χ0v) is 6.45. The van der Waals surface area contributed by atoms with Gasteiger partial charge in [0.25, 0.3) is 0 Å². The van der Waals surface area contributed by atoms with Crippen LogP contribution in [-0.2, 0) is 0 Å². The summed E-state index contributed by atoms with van der Waals surface area (Å²) in [5.41, 5.74) is -0.727. The van der Waals surface area contributed by atoms with Crippen LogP contribution in [0.3, 0.4) is 0 Å². The van der Waals surface area contributed by atoms with Gasteiger partial charge in [-0.2, -0.15) is 5.26 Å². The second-order valence-corrected chi connectivity index (χ2v) is 2.49. The van der Waals surface area contributed by atoms with Crippen LogP contribution in [0, 0.1) is 11.3 Å². The summed E-state index contributed by atoms with van der Waals surface area (Å²) in [5, 5.41) is 20.7. The van der Waals surface area contributed by atoms with Crippen molar-refractivity contribution >= 4 is 12.4 Å². The van der Waals surface area contributed by atoms with Crippen molar-refractivity contribution in [3.63, 3.8) is 0 Å². The first-order valence-electron chi connectivity index (χ1n) is 3.07.